The van der Waals surface area contributed by atoms with Crippen molar-refractivity contribution in [2.24, 2.45) is 5.73 Å². The Morgan fingerprint density at radius 1 is 1.47 bits per heavy atom. The molecule has 4 N–H and O–H groups in total. The molecule has 15 heavy (non-hydrogen) atoms. The lowest BCUT2D eigenvalue weighted by atomic mass is 9.98. The average molecular weight is 235 g/mol. The largest absolute Gasteiger partial charge is 0.480 e. The quantitative estimate of drug-likeness (QED) is 0.641. The van der Waals surface area contributed by atoms with E-state index in [1.165, 1.54) is 6.92 Å². The highest BCUT2D eigenvalue weighted by Crippen LogP contribution is 2.26. The zero-order valence-electron chi connectivity index (χ0n) is 9.73. The number of aliphatic carboxylic acids is 1. The summed E-state index contributed by atoms with van der Waals surface area (Å²) in [5.74, 6) is -0.986. The van der Waals surface area contributed by atoms with Crippen molar-refractivity contribution in [2.45, 2.75) is 56.3 Å². The molecule has 0 aromatic heterocycles. The summed E-state index contributed by atoms with van der Waals surface area (Å²) in [5, 5.41) is 18.4. The van der Waals surface area contributed by atoms with E-state index in [9.17, 15) is 9.90 Å². The molecular formula is C10H21NO3S. The first kappa shape index (κ1) is 14.7. The first-order valence-electron chi connectivity index (χ1n) is 5.02. The van der Waals surface area contributed by atoms with Crippen LogP contribution in [0.1, 0.15) is 34.1 Å². The minimum atomic E-state index is -1.19. The first-order valence-corrected chi connectivity index (χ1v) is 5.97. The molecule has 0 saturated carbocycles. The summed E-state index contributed by atoms with van der Waals surface area (Å²) in [6, 6.07) is 0. The van der Waals surface area contributed by atoms with Crippen LogP contribution in [0.5, 0.6) is 0 Å². The van der Waals surface area contributed by atoms with Gasteiger partial charge in [-0.2, -0.15) is 11.8 Å². The van der Waals surface area contributed by atoms with Gasteiger partial charge in [-0.15, -0.1) is 0 Å². The normalized spacial score (nSPS) is 21.5. The summed E-state index contributed by atoms with van der Waals surface area (Å²) >= 11 is 1.56. The van der Waals surface area contributed by atoms with Crippen molar-refractivity contribution in [1.29, 1.82) is 0 Å². The van der Waals surface area contributed by atoms with Crippen LogP contribution in [0.3, 0.4) is 0 Å². The van der Waals surface area contributed by atoms with E-state index in [1.54, 1.807) is 18.7 Å². The molecule has 0 aromatic rings. The molecule has 90 valence electrons. The third kappa shape index (κ3) is 5.39. The van der Waals surface area contributed by atoms with Crippen LogP contribution in [0.2, 0.25) is 0 Å². The van der Waals surface area contributed by atoms with E-state index in [2.05, 4.69) is 0 Å². The van der Waals surface area contributed by atoms with Gasteiger partial charge in [0.05, 0.1) is 6.10 Å². The molecule has 0 amide bonds. The van der Waals surface area contributed by atoms with Gasteiger partial charge in [-0.05, 0) is 20.3 Å². The van der Waals surface area contributed by atoms with E-state index < -0.39 is 17.6 Å². The van der Waals surface area contributed by atoms with Gasteiger partial charge in [0.25, 0.3) is 0 Å². The first-order chi connectivity index (χ1) is 6.66. The maximum absolute atomic E-state index is 10.8. The van der Waals surface area contributed by atoms with Gasteiger partial charge < -0.3 is 15.9 Å². The molecule has 0 aromatic carbocycles. The molecule has 0 aliphatic carbocycles. The number of aliphatic hydroxyl groups excluding tert-OH is 1. The molecule has 0 aliphatic heterocycles. The van der Waals surface area contributed by atoms with E-state index >= 15 is 0 Å². The van der Waals surface area contributed by atoms with E-state index in [4.69, 9.17) is 10.8 Å². The standard InChI is InChI=1S/C10H21NO3S/c1-6(15-8(3)7(2)12)5-10(4,11)9(13)14/h6-8,12H,5,11H2,1-4H3,(H,13,14). The molecule has 4 unspecified atom stereocenters. The van der Waals surface area contributed by atoms with Crippen LogP contribution in [0.4, 0.5) is 0 Å². The Kier molecular flexibility index (Phi) is 5.62. The van der Waals surface area contributed by atoms with Gasteiger partial charge in [0.2, 0.25) is 0 Å². The Balaban J connectivity index is 4.14. The van der Waals surface area contributed by atoms with Gasteiger partial charge in [0.1, 0.15) is 5.54 Å². The number of carboxylic acids is 1. The smallest absolute Gasteiger partial charge is 0.323 e. The summed E-state index contributed by atoms with van der Waals surface area (Å²) in [5.41, 5.74) is 4.45. The molecule has 0 bridgehead atoms. The van der Waals surface area contributed by atoms with Crippen LogP contribution in [-0.4, -0.2) is 38.3 Å². The van der Waals surface area contributed by atoms with Gasteiger partial charge in [0.15, 0.2) is 0 Å². The maximum atomic E-state index is 10.8. The Hall–Kier alpha value is -0.260. The summed E-state index contributed by atoms with van der Waals surface area (Å²) < 4.78 is 0. The lowest BCUT2D eigenvalue weighted by molar-refractivity contribution is -0.142. The number of thioether (sulfide) groups is 1. The monoisotopic (exact) mass is 235 g/mol. The summed E-state index contributed by atoms with van der Waals surface area (Å²) in [7, 11) is 0. The lowest BCUT2D eigenvalue weighted by Crippen LogP contribution is -2.46. The van der Waals surface area contributed by atoms with E-state index in [0.717, 1.165) is 0 Å². The van der Waals surface area contributed by atoms with Crippen molar-refractivity contribution in [3.05, 3.63) is 0 Å². The van der Waals surface area contributed by atoms with Crippen molar-refractivity contribution >= 4 is 17.7 Å². The van der Waals surface area contributed by atoms with E-state index in [1.807, 2.05) is 13.8 Å². The summed E-state index contributed by atoms with van der Waals surface area (Å²) in [6.07, 6.45) is -0.00402. The molecule has 0 aliphatic rings. The Morgan fingerprint density at radius 3 is 2.27 bits per heavy atom. The van der Waals surface area contributed by atoms with Crippen molar-refractivity contribution in [2.75, 3.05) is 0 Å². The fourth-order valence-corrected chi connectivity index (χ4v) is 2.62. The second-order valence-electron chi connectivity index (χ2n) is 4.32. The van der Waals surface area contributed by atoms with Crippen LogP contribution >= 0.6 is 11.8 Å². The lowest BCUT2D eigenvalue weighted by Gasteiger charge is -2.25. The van der Waals surface area contributed by atoms with Crippen LogP contribution in [0.15, 0.2) is 0 Å². The van der Waals surface area contributed by atoms with Gasteiger partial charge in [-0.3, -0.25) is 4.79 Å². The fraction of sp³-hybridized carbons (Fsp3) is 0.900. The third-order valence-electron chi connectivity index (χ3n) is 2.33. The van der Waals surface area contributed by atoms with Crippen molar-refractivity contribution in [1.82, 2.24) is 0 Å². The average Bonchev–Trinajstić information content (AvgIpc) is 2.01. The minimum absolute atomic E-state index is 0.0876. The molecular weight excluding hydrogens is 214 g/mol. The number of aliphatic hydroxyl groups is 1. The van der Waals surface area contributed by atoms with Gasteiger partial charge >= 0.3 is 5.97 Å². The molecule has 5 heteroatoms. The van der Waals surface area contributed by atoms with Crippen LogP contribution in [0.25, 0.3) is 0 Å². The van der Waals surface area contributed by atoms with Gasteiger partial charge in [-0.1, -0.05) is 13.8 Å². The maximum Gasteiger partial charge on any atom is 0.323 e. The van der Waals surface area contributed by atoms with Gasteiger partial charge in [0, 0.05) is 10.5 Å². The Bertz CT molecular complexity index is 219. The minimum Gasteiger partial charge on any atom is -0.480 e. The molecule has 0 heterocycles. The van der Waals surface area contributed by atoms with Crippen LogP contribution in [0, 0.1) is 0 Å². The van der Waals surface area contributed by atoms with E-state index in [-0.39, 0.29) is 10.5 Å². The predicted molar refractivity (Wildman–Crippen MR) is 63.0 cm³/mol. The summed E-state index contributed by atoms with van der Waals surface area (Å²) in [4.78, 5) is 10.8. The van der Waals surface area contributed by atoms with Crippen molar-refractivity contribution < 1.29 is 15.0 Å². The highest BCUT2D eigenvalue weighted by molar-refractivity contribution is 8.00. The molecule has 4 atom stereocenters. The number of rotatable bonds is 6. The number of hydrogen-bond acceptors (Lipinski definition) is 4. The Labute approximate surface area is 95.2 Å². The number of nitrogens with two attached hydrogens (primary N) is 1. The zero-order chi connectivity index (χ0) is 12.2. The fourth-order valence-electron chi connectivity index (χ4n) is 1.21. The molecule has 0 spiro atoms. The molecule has 0 rings (SSSR count). The molecule has 4 nitrogen and oxygen atoms in total. The zero-order valence-corrected chi connectivity index (χ0v) is 10.5. The van der Waals surface area contributed by atoms with E-state index in [0.29, 0.717) is 6.42 Å². The van der Waals surface area contributed by atoms with Crippen LogP contribution < -0.4 is 5.73 Å². The number of carbonyl (C=O) groups is 1. The number of carboxylic acid groups (broad SMARTS) is 1. The molecule has 0 saturated heterocycles. The summed E-state index contributed by atoms with van der Waals surface area (Å²) in [6.45, 7) is 7.08. The molecule has 0 radical (unpaired) electrons. The van der Waals surface area contributed by atoms with Gasteiger partial charge in [-0.25, -0.2) is 0 Å². The van der Waals surface area contributed by atoms with Crippen molar-refractivity contribution in [3.63, 3.8) is 0 Å². The second kappa shape index (κ2) is 5.72. The van der Waals surface area contributed by atoms with Crippen LogP contribution in [-0.2, 0) is 4.79 Å². The molecule has 0 fully saturated rings. The highest BCUT2D eigenvalue weighted by atomic mass is 32.2. The topological polar surface area (TPSA) is 83.6 Å². The number of hydrogen-bond donors (Lipinski definition) is 3. The van der Waals surface area contributed by atoms with Crippen molar-refractivity contribution in [3.8, 4) is 0 Å². The predicted octanol–water partition coefficient (Wildman–Crippen LogP) is 1.07. The second-order valence-corrected chi connectivity index (χ2v) is 6.14. The SMILES string of the molecule is CC(CC(C)(N)C(=O)O)SC(C)C(C)O. The third-order valence-corrected chi connectivity index (χ3v) is 3.78. The Morgan fingerprint density at radius 2 is 1.93 bits per heavy atom. The highest BCUT2D eigenvalue weighted by Gasteiger charge is 2.30.